The van der Waals surface area contributed by atoms with Crippen LogP contribution in [-0.2, 0) is 19.4 Å². The first-order valence-corrected chi connectivity index (χ1v) is 10.1. The number of hydrogen-bond acceptors (Lipinski definition) is 8. The Morgan fingerprint density at radius 2 is 1.65 bits per heavy atom. The molecule has 160 valence electrons. The lowest BCUT2D eigenvalue weighted by atomic mass is 10.2. The molecule has 9 heteroatoms. The quantitative estimate of drug-likeness (QED) is 0.130. The van der Waals surface area contributed by atoms with E-state index in [1.165, 1.54) is 0 Å². The zero-order valence-electron chi connectivity index (χ0n) is 17.2. The molecular formula is C22H22N4O4S. The lowest BCUT2D eigenvalue weighted by molar-refractivity contribution is -0.352. The molecule has 0 saturated carbocycles. The number of carbonyl (C=O) groups excluding carboxylic acids is 1. The SMILES string of the molecule is C=COON1C(=O)/C(=C\c2ccc(N=Nc3ccc(N(CC)CC)cc3)cc2)OC1=S. The molecule has 1 heterocycles. The number of anilines is 1. The van der Waals surface area contributed by atoms with E-state index in [-0.39, 0.29) is 10.9 Å². The molecule has 2 aromatic carbocycles. The summed E-state index contributed by atoms with van der Waals surface area (Å²) in [6.45, 7) is 9.48. The number of hydrogen-bond donors (Lipinski definition) is 0. The zero-order valence-corrected chi connectivity index (χ0v) is 18.0. The molecule has 1 fully saturated rings. The summed E-state index contributed by atoms with van der Waals surface area (Å²) in [6.07, 6.45) is 2.56. The highest BCUT2D eigenvalue weighted by atomic mass is 32.1. The molecule has 1 aliphatic rings. The third-order valence-corrected chi connectivity index (χ3v) is 4.64. The van der Waals surface area contributed by atoms with Crippen LogP contribution >= 0.6 is 12.2 Å². The molecule has 3 rings (SSSR count). The monoisotopic (exact) mass is 438 g/mol. The standard InChI is InChI=1S/C22H22N4O4S/c1-4-25(5-2)19-13-11-18(12-14-19)24-23-17-9-7-16(8-10-17)15-20-21(27)26(22(31)29-20)30-28-6-3/h6-15H,3-5H2,1-2H3/b20-15+,24-23?. The number of benzene rings is 2. The second-order valence-electron chi connectivity index (χ2n) is 6.29. The summed E-state index contributed by atoms with van der Waals surface area (Å²) in [5, 5.41) is 9.08. The summed E-state index contributed by atoms with van der Waals surface area (Å²) in [4.78, 5) is 23.7. The smallest absolute Gasteiger partial charge is 0.324 e. The number of azo groups is 1. The van der Waals surface area contributed by atoms with Crippen molar-refractivity contribution in [2.45, 2.75) is 13.8 Å². The molecule has 0 atom stereocenters. The minimum absolute atomic E-state index is 0.0142. The molecule has 0 aliphatic carbocycles. The Hall–Kier alpha value is -3.56. The number of rotatable bonds is 9. The average Bonchev–Trinajstić information content (AvgIpc) is 3.05. The summed E-state index contributed by atoms with van der Waals surface area (Å²) in [6, 6.07) is 15.1. The van der Waals surface area contributed by atoms with Crippen LogP contribution in [0.15, 0.2) is 77.4 Å². The van der Waals surface area contributed by atoms with Crippen molar-refractivity contribution in [3.8, 4) is 0 Å². The van der Waals surface area contributed by atoms with Crippen LogP contribution in [0.3, 0.4) is 0 Å². The van der Waals surface area contributed by atoms with Gasteiger partial charge in [-0.05, 0) is 79.1 Å². The number of amides is 1. The topological polar surface area (TPSA) is 76.0 Å². The van der Waals surface area contributed by atoms with E-state index in [2.05, 4.69) is 40.4 Å². The van der Waals surface area contributed by atoms with Gasteiger partial charge >= 0.3 is 11.1 Å². The average molecular weight is 439 g/mol. The van der Waals surface area contributed by atoms with E-state index in [1.807, 2.05) is 24.3 Å². The van der Waals surface area contributed by atoms with Crippen molar-refractivity contribution in [3.63, 3.8) is 0 Å². The second-order valence-corrected chi connectivity index (χ2v) is 6.64. The third kappa shape index (κ3) is 5.53. The van der Waals surface area contributed by atoms with Crippen LogP contribution in [0, 0.1) is 0 Å². The molecule has 2 aromatic rings. The Balaban J connectivity index is 1.65. The van der Waals surface area contributed by atoms with Crippen LogP contribution in [0.5, 0.6) is 0 Å². The van der Waals surface area contributed by atoms with Crippen molar-refractivity contribution in [2.75, 3.05) is 18.0 Å². The lowest BCUT2D eigenvalue weighted by Gasteiger charge is -2.20. The number of hydroxylamine groups is 2. The molecule has 0 bridgehead atoms. The van der Waals surface area contributed by atoms with Crippen molar-refractivity contribution in [1.82, 2.24) is 5.06 Å². The highest BCUT2D eigenvalue weighted by Gasteiger charge is 2.36. The van der Waals surface area contributed by atoms with Gasteiger partial charge in [-0.25, -0.2) is 0 Å². The molecule has 8 nitrogen and oxygen atoms in total. The van der Waals surface area contributed by atoms with Crippen molar-refractivity contribution >= 4 is 46.4 Å². The van der Waals surface area contributed by atoms with Crippen molar-refractivity contribution in [3.05, 3.63) is 72.7 Å². The Kier molecular flexibility index (Phi) is 7.47. The first kappa shape index (κ1) is 22.1. The largest absolute Gasteiger partial charge is 0.424 e. The summed E-state index contributed by atoms with van der Waals surface area (Å²) < 4.78 is 5.25. The third-order valence-electron chi connectivity index (χ3n) is 4.39. The van der Waals surface area contributed by atoms with Gasteiger partial charge in [-0.3, -0.25) is 4.79 Å². The van der Waals surface area contributed by atoms with E-state index in [0.29, 0.717) is 5.69 Å². The van der Waals surface area contributed by atoms with Crippen LogP contribution < -0.4 is 4.90 Å². The fraction of sp³-hybridized carbons (Fsp3) is 0.182. The number of carbonyl (C=O) groups is 1. The fourth-order valence-corrected chi connectivity index (χ4v) is 3.02. The summed E-state index contributed by atoms with van der Waals surface area (Å²) in [5.74, 6) is -0.566. The van der Waals surface area contributed by atoms with Gasteiger partial charge in [-0.2, -0.15) is 10.2 Å². The van der Waals surface area contributed by atoms with Gasteiger partial charge in [-0.1, -0.05) is 23.8 Å². The number of thiocarbonyl (C=S) groups is 1. The van der Waals surface area contributed by atoms with Gasteiger partial charge in [0.1, 0.15) is 6.26 Å². The Labute approximate surface area is 185 Å². The maximum absolute atomic E-state index is 12.2. The van der Waals surface area contributed by atoms with Crippen molar-refractivity contribution in [1.29, 1.82) is 0 Å². The van der Waals surface area contributed by atoms with Crippen LogP contribution in [0.25, 0.3) is 6.08 Å². The van der Waals surface area contributed by atoms with Gasteiger partial charge in [0.05, 0.1) is 11.4 Å². The molecule has 1 aliphatic heterocycles. The Morgan fingerprint density at radius 3 is 2.19 bits per heavy atom. The van der Waals surface area contributed by atoms with E-state index in [0.717, 1.165) is 41.4 Å². The first-order chi connectivity index (χ1) is 15.0. The Morgan fingerprint density at radius 1 is 1.06 bits per heavy atom. The molecule has 31 heavy (non-hydrogen) atoms. The molecule has 0 spiro atoms. The van der Waals surface area contributed by atoms with Gasteiger partial charge in [0, 0.05) is 18.8 Å². The van der Waals surface area contributed by atoms with Crippen molar-refractivity contribution < 1.29 is 19.4 Å². The van der Waals surface area contributed by atoms with Crippen LogP contribution in [0.2, 0.25) is 0 Å². The van der Waals surface area contributed by atoms with E-state index in [4.69, 9.17) is 21.9 Å². The maximum atomic E-state index is 12.2. The van der Waals surface area contributed by atoms with Crippen LogP contribution in [0.1, 0.15) is 19.4 Å². The van der Waals surface area contributed by atoms with Gasteiger partial charge in [0.15, 0.2) is 5.76 Å². The number of ether oxygens (including phenoxy) is 1. The molecule has 0 aromatic heterocycles. The Bertz CT molecular complexity index is 999. The predicted molar refractivity (Wildman–Crippen MR) is 121 cm³/mol. The summed E-state index contributed by atoms with van der Waals surface area (Å²) in [5.41, 5.74) is 3.32. The van der Waals surface area contributed by atoms with Gasteiger partial charge < -0.3 is 14.5 Å². The van der Waals surface area contributed by atoms with E-state index >= 15 is 0 Å². The summed E-state index contributed by atoms with van der Waals surface area (Å²) >= 11 is 4.93. The fourth-order valence-electron chi connectivity index (χ4n) is 2.81. The minimum Gasteiger partial charge on any atom is -0.424 e. The zero-order chi connectivity index (χ0) is 22.2. The molecule has 1 amide bonds. The van der Waals surface area contributed by atoms with Crippen molar-refractivity contribution in [2.24, 2.45) is 10.2 Å². The van der Waals surface area contributed by atoms with Gasteiger partial charge in [0.25, 0.3) is 0 Å². The maximum Gasteiger partial charge on any atom is 0.324 e. The van der Waals surface area contributed by atoms with E-state index < -0.39 is 5.91 Å². The normalized spacial score (nSPS) is 14.9. The highest BCUT2D eigenvalue weighted by Crippen LogP contribution is 2.24. The number of nitrogens with zero attached hydrogens (tertiary/aromatic N) is 4. The molecule has 0 N–H and O–H groups in total. The van der Waals surface area contributed by atoms with Crippen LogP contribution in [0.4, 0.5) is 17.1 Å². The summed E-state index contributed by atoms with van der Waals surface area (Å²) in [7, 11) is 0. The van der Waals surface area contributed by atoms with Crippen LogP contribution in [-0.4, -0.2) is 29.2 Å². The molecule has 1 saturated heterocycles. The predicted octanol–water partition coefficient (Wildman–Crippen LogP) is 5.44. The molecule has 0 unspecified atom stereocenters. The second kappa shape index (κ2) is 10.5. The molecular weight excluding hydrogens is 416 g/mol. The lowest BCUT2D eigenvalue weighted by Crippen LogP contribution is -2.28. The van der Waals surface area contributed by atoms with Gasteiger partial charge in [0.2, 0.25) is 0 Å². The first-order valence-electron chi connectivity index (χ1n) is 9.64. The highest BCUT2D eigenvalue weighted by molar-refractivity contribution is 7.80. The molecule has 0 radical (unpaired) electrons. The van der Waals surface area contributed by atoms with E-state index in [9.17, 15) is 4.79 Å². The minimum atomic E-state index is -0.580. The van der Waals surface area contributed by atoms with E-state index in [1.54, 1.807) is 30.3 Å². The van der Waals surface area contributed by atoms with Gasteiger partial charge in [-0.15, -0.1) is 0 Å².